The van der Waals surface area contributed by atoms with E-state index in [1.54, 1.807) is 18.2 Å². The first kappa shape index (κ1) is 23.2. The lowest BCUT2D eigenvalue weighted by Gasteiger charge is -2.37. The predicted molar refractivity (Wildman–Crippen MR) is 130 cm³/mol. The molecule has 0 aliphatic carbocycles. The van der Waals surface area contributed by atoms with Gasteiger partial charge in [0.15, 0.2) is 0 Å². The third-order valence-corrected chi connectivity index (χ3v) is 6.63. The van der Waals surface area contributed by atoms with Crippen LogP contribution in [0.25, 0.3) is 11.1 Å². The number of fused-ring (bicyclic) bond motifs is 1. The summed E-state index contributed by atoms with van der Waals surface area (Å²) in [5.41, 5.74) is 3.21. The van der Waals surface area contributed by atoms with Crippen molar-refractivity contribution in [2.45, 2.75) is 13.0 Å². The zero-order chi connectivity index (χ0) is 24.5. The van der Waals surface area contributed by atoms with Gasteiger partial charge in [0.25, 0.3) is 0 Å². The van der Waals surface area contributed by atoms with Gasteiger partial charge < -0.3 is 19.7 Å². The van der Waals surface area contributed by atoms with Crippen LogP contribution in [-0.2, 0) is 0 Å². The molecule has 182 valence electrons. The van der Waals surface area contributed by atoms with E-state index in [-0.39, 0.29) is 24.1 Å². The van der Waals surface area contributed by atoms with Crippen molar-refractivity contribution in [2.24, 2.45) is 5.92 Å². The minimum Gasteiger partial charge on any atom is -0.508 e. The minimum absolute atomic E-state index is 0.0932. The van der Waals surface area contributed by atoms with Gasteiger partial charge in [0.2, 0.25) is 0 Å². The second-order valence-corrected chi connectivity index (χ2v) is 9.08. The summed E-state index contributed by atoms with van der Waals surface area (Å²) in [7, 11) is 0. The van der Waals surface area contributed by atoms with E-state index in [1.807, 2.05) is 31.2 Å². The Morgan fingerprint density at radius 3 is 2.40 bits per heavy atom. The number of ether oxygens (including phenoxy) is 2. The monoisotopic (exact) mass is 479 g/mol. The molecule has 0 spiro atoms. The molecule has 1 fully saturated rings. The molecule has 3 aromatic carbocycles. The molecule has 2 heterocycles. The molecule has 2 aliphatic rings. The van der Waals surface area contributed by atoms with Crippen molar-refractivity contribution in [2.75, 3.05) is 32.9 Å². The quantitative estimate of drug-likeness (QED) is 0.463. The molecule has 2 aliphatic heterocycles. The Kier molecular flexibility index (Phi) is 6.34. The molecule has 0 saturated carbocycles. The molecule has 1 unspecified atom stereocenters. The molecule has 0 bridgehead atoms. The van der Waals surface area contributed by atoms with Crippen LogP contribution < -0.4 is 9.47 Å². The van der Waals surface area contributed by atoms with E-state index in [0.717, 1.165) is 36.8 Å². The van der Waals surface area contributed by atoms with Gasteiger partial charge in [-0.25, -0.2) is 4.39 Å². The van der Waals surface area contributed by atoms with Gasteiger partial charge in [-0.15, -0.1) is 0 Å². The Bertz CT molecular complexity index is 1250. The van der Waals surface area contributed by atoms with Crippen molar-refractivity contribution in [1.82, 2.24) is 4.90 Å². The zero-order valence-corrected chi connectivity index (χ0v) is 19.4. The molecule has 5 rings (SSSR count). The molecule has 0 amide bonds. The van der Waals surface area contributed by atoms with Crippen molar-refractivity contribution in [1.29, 1.82) is 0 Å². The summed E-state index contributed by atoms with van der Waals surface area (Å²) in [6.07, 6.45) is -0.598. The molecule has 35 heavy (non-hydrogen) atoms. The highest BCUT2D eigenvalue weighted by atomic mass is 19.1. The summed E-state index contributed by atoms with van der Waals surface area (Å²) < 4.78 is 39.7. The molecule has 5 nitrogen and oxygen atoms in total. The molecular formula is C28H27F2NO4. The van der Waals surface area contributed by atoms with Crippen LogP contribution in [0.5, 0.6) is 23.0 Å². The average molecular weight is 480 g/mol. The third kappa shape index (κ3) is 4.68. The number of likely N-dealkylation sites (tertiary alicyclic amines) is 1. The molecular weight excluding hydrogens is 452 g/mol. The topological polar surface area (TPSA) is 62.2 Å². The number of alkyl halides is 1. The lowest BCUT2D eigenvalue weighted by atomic mass is 9.86. The van der Waals surface area contributed by atoms with Crippen LogP contribution >= 0.6 is 0 Å². The molecule has 0 aromatic heterocycles. The first-order valence-corrected chi connectivity index (χ1v) is 11.6. The van der Waals surface area contributed by atoms with Crippen molar-refractivity contribution in [3.8, 4) is 23.0 Å². The van der Waals surface area contributed by atoms with Gasteiger partial charge in [-0.05, 0) is 60.5 Å². The van der Waals surface area contributed by atoms with E-state index in [9.17, 15) is 19.0 Å². The normalized spacial score (nSPS) is 18.1. The fourth-order valence-corrected chi connectivity index (χ4v) is 4.73. The van der Waals surface area contributed by atoms with Crippen molar-refractivity contribution < 1.29 is 28.5 Å². The Labute approximate surface area is 202 Å². The maximum atomic E-state index is 15.0. The van der Waals surface area contributed by atoms with Crippen LogP contribution in [-0.4, -0.2) is 48.0 Å². The summed E-state index contributed by atoms with van der Waals surface area (Å²) in [6.45, 7) is 4.42. The van der Waals surface area contributed by atoms with Gasteiger partial charge in [-0.3, -0.25) is 9.29 Å². The van der Waals surface area contributed by atoms with Gasteiger partial charge in [-0.2, -0.15) is 0 Å². The number of rotatable bonds is 7. The fraction of sp³-hybridized carbons (Fsp3) is 0.286. The van der Waals surface area contributed by atoms with Gasteiger partial charge in [0, 0.05) is 48.3 Å². The lowest BCUT2D eigenvalue weighted by Crippen LogP contribution is -2.49. The SMILES string of the molecule is CC1=C(c2ccc(O)cc2F)C(c2ccc(OCCN3CC(CF)C3)cc2)Oc2ccc(O)cc21. The van der Waals surface area contributed by atoms with Gasteiger partial charge in [0.05, 0.1) is 6.67 Å². The molecule has 0 radical (unpaired) electrons. The molecule has 1 saturated heterocycles. The van der Waals surface area contributed by atoms with Crippen LogP contribution in [0.4, 0.5) is 8.78 Å². The number of hydrogen-bond donors (Lipinski definition) is 2. The standard InChI is InChI=1S/C28H27F2NO4/c1-17-24-12-20(32)5-9-26(24)35-28(27(17)23-8-4-21(33)13-25(23)30)19-2-6-22(7-3-19)34-11-10-31-15-18(14-29)16-31/h2-9,12-13,18,28,32-33H,10-11,14-16H2,1H3. The average Bonchev–Trinajstić information content (AvgIpc) is 2.82. The van der Waals surface area contributed by atoms with Crippen LogP contribution in [0, 0.1) is 11.7 Å². The molecule has 2 N–H and O–H groups in total. The maximum Gasteiger partial charge on any atom is 0.150 e. The Morgan fingerprint density at radius 2 is 1.69 bits per heavy atom. The largest absolute Gasteiger partial charge is 0.508 e. The molecule has 3 aromatic rings. The summed E-state index contributed by atoms with van der Waals surface area (Å²) >= 11 is 0. The lowest BCUT2D eigenvalue weighted by molar-refractivity contribution is 0.0668. The number of aromatic hydroxyl groups is 2. The van der Waals surface area contributed by atoms with Crippen LogP contribution in [0.3, 0.4) is 0 Å². The number of allylic oxidation sites excluding steroid dienone is 1. The maximum absolute atomic E-state index is 15.0. The summed E-state index contributed by atoms with van der Waals surface area (Å²) in [5.74, 6) is 0.831. The van der Waals surface area contributed by atoms with Gasteiger partial charge in [0.1, 0.15) is 41.5 Å². The van der Waals surface area contributed by atoms with E-state index >= 15 is 0 Å². The highest BCUT2D eigenvalue weighted by molar-refractivity contribution is 5.95. The number of phenolic OH excluding ortho intramolecular Hbond substituents is 2. The first-order chi connectivity index (χ1) is 16.9. The second kappa shape index (κ2) is 9.58. The first-order valence-electron chi connectivity index (χ1n) is 11.6. The van der Waals surface area contributed by atoms with E-state index in [2.05, 4.69) is 4.90 Å². The number of hydrogen-bond acceptors (Lipinski definition) is 5. The second-order valence-electron chi connectivity index (χ2n) is 9.08. The smallest absolute Gasteiger partial charge is 0.150 e. The molecule has 1 atom stereocenters. The van der Waals surface area contributed by atoms with E-state index < -0.39 is 11.9 Å². The fourth-order valence-electron chi connectivity index (χ4n) is 4.73. The van der Waals surface area contributed by atoms with Crippen LogP contribution in [0.2, 0.25) is 0 Å². The number of phenols is 2. The summed E-state index contributed by atoms with van der Waals surface area (Å²) in [4.78, 5) is 2.16. The van der Waals surface area contributed by atoms with Crippen molar-refractivity contribution in [3.63, 3.8) is 0 Å². The Hall–Kier alpha value is -3.58. The zero-order valence-electron chi connectivity index (χ0n) is 19.4. The predicted octanol–water partition coefficient (Wildman–Crippen LogP) is 5.58. The number of nitrogens with zero attached hydrogens (tertiary/aromatic N) is 1. The van der Waals surface area contributed by atoms with Gasteiger partial charge in [-0.1, -0.05) is 12.1 Å². The number of halogens is 2. The molecule has 7 heteroatoms. The minimum atomic E-state index is -0.598. The third-order valence-electron chi connectivity index (χ3n) is 6.63. The highest BCUT2D eigenvalue weighted by Gasteiger charge is 2.31. The Morgan fingerprint density at radius 1 is 0.971 bits per heavy atom. The Balaban J connectivity index is 1.40. The van der Waals surface area contributed by atoms with E-state index in [4.69, 9.17) is 9.47 Å². The van der Waals surface area contributed by atoms with Crippen LogP contribution in [0.1, 0.15) is 29.7 Å². The summed E-state index contributed by atoms with van der Waals surface area (Å²) in [5, 5.41) is 19.7. The van der Waals surface area contributed by atoms with Crippen LogP contribution in [0.15, 0.2) is 60.7 Å². The summed E-state index contributed by atoms with van der Waals surface area (Å²) in [6, 6.07) is 16.4. The highest BCUT2D eigenvalue weighted by Crippen LogP contribution is 2.48. The van der Waals surface area contributed by atoms with E-state index in [0.29, 0.717) is 34.8 Å². The van der Waals surface area contributed by atoms with E-state index in [1.165, 1.54) is 12.1 Å². The van der Waals surface area contributed by atoms with Crippen molar-refractivity contribution in [3.05, 3.63) is 83.2 Å². The van der Waals surface area contributed by atoms with Gasteiger partial charge >= 0.3 is 0 Å². The van der Waals surface area contributed by atoms with Crippen molar-refractivity contribution >= 4 is 11.1 Å². The number of benzene rings is 3.